The Hall–Kier alpha value is -1.89. The summed E-state index contributed by atoms with van der Waals surface area (Å²) in [5.74, 6) is -0.447. The third-order valence-corrected chi connectivity index (χ3v) is 3.62. The minimum absolute atomic E-state index is 0.118. The van der Waals surface area contributed by atoms with Crippen LogP contribution in [0.3, 0.4) is 0 Å². The maximum atomic E-state index is 13.7. The van der Waals surface area contributed by atoms with Gasteiger partial charge >= 0.3 is 0 Å². The molecule has 1 aromatic carbocycles. The molecule has 0 atom stereocenters. The minimum Gasteiger partial charge on any atom is -0.206 e. The molecule has 4 nitrogen and oxygen atoms in total. The van der Waals surface area contributed by atoms with Gasteiger partial charge in [0.1, 0.15) is 11.6 Å². The van der Waals surface area contributed by atoms with Crippen LogP contribution in [-0.2, 0) is 0 Å². The average Bonchev–Trinajstić information content (AvgIpc) is 2.87. The minimum atomic E-state index is -0.629. The molecule has 0 unspecified atom stereocenters. The molecule has 3 rings (SSSR count). The zero-order valence-corrected chi connectivity index (χ0v) is 11.1. The first-order valence-electron chi connectivity index (χ1n) is 5.74. The number of benzene rings is 1. The van der Waals surface area contributed by atoms with E-state index in [1.807, 2.05) is 13.8 Å². The standard InChI is InChI=1S/C12H10F2N4S/c1-6(2)10-15-16-12-18(10)17-11(19-12)9-7(13)4-3-5-8(9)14/h3-6H,1-2H3. The molecule has 0 aliphatic carbocycles. The van der Waals surface area contributed by atoms with Crippen molar-refractivity contribution >= 4 is 16.3 Å². The highest BCUT2D eigenvalue weighted by molar-refractivity contribution is 7.19. The maximum Gasteiger partial charge on any atom is 0.234 e. The highest BCUT2D eigenvalue weighted by Crippen LogP contribution is 2.30. The first-order chi connectivity index (χ1) is 9.08. The highest BCUT2D eigenvalue weighted by atomic mass is 32.1. The number of nitrogens with zero attached hydrogens (tertiary/aromatic N) is 4. The predicted octanol–water partition coefficient (Wildman–Crippen LogP) is 3.25. The van der Waals surface area contributed by atoms with Crippen molar-refractivity contribution in [2.24, 2.45) is 0 Å². The summed E-state index contributed by atoms with van der Waals surface area (Å²) >= 11 is 1.12. The maximum absolute atomic E-state index is 13.7. The normalized spacial score (nSPS) is 11.6. The molecule has 7 heteroatoms. The third kappa shape index (κ3) is 1.90. The van der Waals surface area contributed by atoms with E-state index >= 15 is 0 Å². The highest BCUT2D eigenvalue weighted by Gasteiger charge is 2.19. The van der Waals surface area contributed by atoms with Crippen molar-refractivity contribution in [1.82, 2.24) is 19.8 Å². The molecule has 98 valence electrons. The van der Waals surface area contributed by atoms with Crippen molar-refractivity contribution in [3.8, 4) is 10.6 Å². The lowest BCUT2D eigenvalue weighted by atomic mass is 10.2. The zero-order chi connectivity index (χ0) is 13.6. The first kappa shape index (κ1) is 12.2. The molecule has 0 radical (unpaired) electrons. The van der Waals surface area contributed by atoms with Crippen molar-refractivity contribution in [3.63, 3.8) is 0 Å². The van der Waals surface area contributed by atoms with Crippen molar-refractivity contribution in [2.75, 3.05) is 0 Å². The summed E-state index contributed by atoms with van der Waals surface area (Å²) in [6, 6.07) is 3.75. The lowest BCUT2D eigenvalue weighted by Gasteiger charge is -2.00. The Morgan fingerprint density at radius 3 is 2.47 bits per heavy atom. The molecule has 3 aromatic rings. The largest absolute Gasteiger partial charge is 0.234 e. The van der Waals surface area contributed by atoms with Gasteiger partial charge in [-0.15, -0.1) is 10.2 Å². The van der Waals surface area contributed by atoms with Gasteiger partial charge in [0.15, 0.2) is 10.8 Å². The molecule has 0 saturated heterocycles. The van der Waals surface area contributed by atoms with E-state index in [1.54, 1.807) is 0 Å². The van der Waals surface area contributed by atoms with Gasteiger partial charge in [-0.3, -0.25) is 0 Å². The van der Waals surface area contributed by atoms with E-state index < -0.39 is 11.6 Å². The van der Waals surface area contributed by atoms with Gasteiger partial charge in [-0.1, -0.05) is 31.3 Å². The van der Waals surface area contributed by atoms with Gasteiger partial charge in [0, 0.05) is 5.92 Å². The van der Waals surface area contributed by atoms with Crippen LogP contribution >= 0.6 is 11.3 Å². The Morgan fingerprint density at radius 1 is 1.16 bits per heavy atom. The van der Waals surface area contributed by atoms with Crippen molar-refractivity contribution in [2.45, 2.75) is 19.8 Å². The lowest BCUT2D eigenvalue weighted by Crippen LogP contribution is -1.98. The molecule has 0 N–H and O–H groups in total. The van der Waals surface area contributed by atoms with Crippen molar-refractivity contribution < 1.29 is 8.78 Å². The number of halogens is 2. The van der Waals surface area contributed by atoms with E-state index in [2.05, 4.69) is 15.3 Å². The van der Waals surface area contributed by atoms with Crippen LogP contribution < -0.4 is 0 Å². The molecule has 0 bridgehead atoms. The SMILES string of the molecule is CC(C)c1nnc2sc(-c3c(F)cccc3F)nn12. The van der Waals surface area contributed by atoms with E-state index in [0.717, 1.165) is 11.3 Å². The van der Waals surface area contributed by atoms with E-state index in [0.29, 0.717) is 10.8 Å². The van der Waals surface area contributed by atoms with Crippen LogP contribution in [0.15, 0.2) is 18.2 Å². The van der Waals surface area contributed by atoms with Gasteiger partial charge in [-0.25, -0.2) is 8.78 Å². The molecular formula is C12H10F2N4S. The van der Waals surface area contributed by atoms with Crippen LogP contribution in [0.5, 0.6) is 0 Å². The second-order valence-corrected chi connectivity index (χ2v) is 5.37. The van der Waals surface area contributed by atoms with Gasteiger partial charge in [0.2, 0.25) is 4.96 Å². The van der Waals surface area contributed by atoms with Crippen LogP contribution in [-0.4, -0.2) is 19.8 Å². The molecule has 2 heterocycles. The molecule has 0 aliphatic heterocycles. The Bertz CT molecular complexity index is 727. The molecule has 0 amide bonds. The van der Waals surface area contributed by atoms with E-state index in [1.165, 1.54) is 22.7 Å². The summed E-state index contributed by atoms with van der Waals surface area (Å²) in [4.78, 5) is 0.529. The molecular weight excluding hydrogens is 270 g/mol. The van der Waals surface area contributed by atoms with Gasteiger partial charge in [-0.2, -0.15) is 9.61 Å². The number of hydrogen-bond donors (Lipinski definition) is 0. The summed E-state index contributed by atoms with van der Waals surface area (Å²) < 4.78 is 29.0. The van der Waals surface area contributed by atoms with Crippen LogP contribution in [0.2, 0.25) is 0 Å². The van der Waals surface area contributed by atoms with Crippen LogP contribution in [0.1, 0.15) is 25.6 Å². The van der Waals surface area contributed by atoms with Gasteiger partial charge in [0.25, 0.3) is 0 Å². The summed E-state index contributed by atoms with van der Waals surface area (Å²) in [5.41, 5.74) is -0.118. The number of fused-ring (bicyclic) bond motifs is 1. The van der Waals surface area contributed by atoms with Gasteiger partial charge in [0.05, 0.1) is 5.56 Å². The zero-order valence-electron chi connectivity index (χ0n) is 10.3. The Labute approximate surface area is 111 Å². The fraction of sp³-hybridized carbons (Fsp3) is 0.250. The van der Waals surface area contributed by atoms with Crippen LogP contribution in [0.25, 0.3) is 15.5 Å². The van der Waals surface area contributed by atoms with Gasteiger partial charge in [-0.05, 0) is 12.1 Å². The fourth-order valence-corrected chi connectivity index (χ4v) is 2.69. The van der Waals surface area contributed by atoms with Crippen molar-refractivity contribution in [3.05, 3.63) is 35.7 Å². The Morgan fingerprint density at radius 2 is 1.84 bits per heavy atom. The Balaban J connectivity index is 2.21. The van der Waals surface area contributed by atoms with Crippen LogP contribution in [0.4, 0.5) is 8.78 Å². The van der Waals surface area contributed by atoms with E-state index in [4.69, 9.17) is 0 Å². The average molecular weight is 280 g/mol. The lowest BCUT2D eigenvalue weighted by molar-refractivity contribution is 0.588. The van der Waals surface area contributed by atoms with Crippen molar-refractivity contribution in [1.29, 1.82) is 0 Å². The van der Waals surface area contributed by atoms with Crippen LogP contribution in [0, 0.1) is 11.6 Å². The summed E-state index contributed by atoms with van der Waals surface area (Å²) in [6.45, 7) is 3.91. The Kier molecular flexibility index (Phi) is 2.78. The third-order valence-electron chi connectivity index (χ3n) is 2.71. The second-order valence-electron chi connectivity index (χ2n) is 4.41. The summed E-state index contributed by atoms with van der Waals surface area (Å²) in [6.07, 6.45) is 0. The molecule has 0 fully saturated rings. The molecule has 0 spiro atoms. The summed E-state index contributed by atoms with van der Waals surface area (Å²) in [7, 11) is 0. The number of hydrogen-bond acceptors (Lipinski definition) is 4. The molecule has 19 heavy (non-hydrogen) atoms. The summed E-state index contributed by atoms with van der Waals surface area (Å²) in [5, 5.41) is 12.5. The quantitative estimate of drug-likeness (QED) is 0.723. The smallest absolute Gasteiger partial charge is 0.206 e. The predicted molar refractivity (Wildman–Crippen MR) is 68.1 cm³/mol. The number of aromatic nitrogens is 4. The molecule has 0 saturated carbocycles. The van der Waals surface area contributed by atoms with E-state index in [9.17, 15) is 8.78 Å². The monoisotopic (exact) mass is 280 g/mol. The topological polar surface area (TPSA) is 43.1 Å². The fourth-order valence-electron chi connectivity index (χ4n) is 1.80. The van der Waals surface area contributed by atoms with E-state index in [-0.39, 0.29) is 16.5 Å². The van der Waals surface area contributed by atoms with Gasteiger partial charge < -0.3 is 0 Å². The molecule has 0 aliphatic rings. The number of rotatable bonds is 2. The first-order valence-corrected chi connectivity index (χ1v) is 6.56. The molecule has 2 aromatic heterocycles. The second kappa shape index (κ2) is 4.34.